The summed E-state index contributed by atoms with van der Waals surface area (Å²) in [6.45, 7) is 2.04. The van der Waals surface area contributed by atoms with Crippen molar-refractivity contribution in [3.8, 4) is 0 Å². The molecule has 3 nitrogen and oxygen atoms in total. The van der Waals surface area contributed by atoms with Gasteiger partial charge in [0.15, 0.2) is 0 Å². The summed E-state index contributed by atoms with van der Waals surface area (Å²) in [5.74, 6) is 1.79. The van der Waals surface area contributed by atoms with Crippen molar-refractivity contribution >= 4 is 11.6 Å². The first-order valence-corrected chi connectivity index (χ1v) is 7.28. The van der Waals surface area contributed by atoms with E-state index in [2.05, 4.69) is 5.32 Å². The maximum Gasteiger partial charge on any atom is 0.241 e. The lowest BCUT2D eigenvalue weighted by atomic mass is 9.89. The summed E-state index contributed by atoms with van der Waals surface area (Å²) in [4.78, 5) is 12.3. The molecule has 1 atom stereocenters. The average Bonchev–Trinajstić information content (AvgIpc) is 3.25. The fourth-order valence-corrected chi connectivity index (χ4v) is 2.97. The molecule has 102 valence electrons. The molecule has 0 aliphatic heterocycles. The Morgan fingerprint density at radius 1 is 1.16 bits per heavy atom. The third kappa shape index (κ3) is 2.98. The van der Waals surface area contributed by atoms with E-state index in [9.17, 15) is 4.79 Å². The zero-order chi connectivity index (χ0) is 13.4. The molecule has 3 rings (SSSR count). The van der Waals surface area contributed by atoms with Crippen molar-refractivity contribution in [3.05, 3.63) is 29.8 Å². The lowest BCUT2D eigenvalue weighted by Crippen LogP contribution is -2.43. The van der Waals surface area contributed by atoms with Gasteiger partial charge >= 0.3 is 0 Å². The van der Waals surface area contributed by atoms with E-state index < -0.39 is 0 Å². The summed E-state index contributed by atoms with van der Waals surface area (Å²) in [6, 6.07) is 7.52. The molecule has 0 spiro atoms. The molecule has 1 aromatic carbocycles. The Morgan fingerprint density at radius 3 is 2.16 bits per heavy atom. The summed E-state index contributed by atoms with van der Waals surface area (Å²) in [6.07, 6.45) is 5.03. The zero-order valence-electron chi connectivity index (χ0n) is 11.4. The largest absolute Gasteiger partial charge is 0.325 e. The minimum absolute atomic E-state index is 0.0207. The van der Waals surface area contributed by atoms with Crippen LogP contribution in [0.1, 0.15) is 31.2 Å². The number of hydrogen-bond donors (Lipinski definition) is 2. The topological polar surface area (TPSA) is 55.1 Å². The van der Waals surface area contributed by atoms with Crippen molar-refractivity contribution in [2.45, 2.75) is 38.6 Å². The number of aryl methyl sites for hydroxylation is 1. The SMILES string of the molecule is Cc1ccc(NC(=O)C(N)C(C2CC2)C2CC2)cc1. The van der Waals surface area contributed by atoms with Gasteiger partial charge in [0.2, 0.25) is 5.91 Å². The van der Waals surface area contributed by atoms with Crippen LogP contribution in [0.15, 0.2) is 24.3 Å². The molecule has 3 heteroatoms. The van der Waals surface area contributed by atoms with Crippen molar-refractivity contribution in [1.82, 2.24) is 0 Å². The van der Waals surface area contributed by atoms with Gasteiger partial charge in [0, 0.05) is 5.69 Å². The quantitative estimate of drug-likeness (QED) is 0.853. The summed E-state index contributed by atoms with van der Waals surface area (Å²) in [5, 5.41) is 2.95. The molecule has 2 saturated carbocycles. The molecule has 0 aromatic heterocycles. The Balaban J connectivity index is 1.63. The molecule has 0 saturated heterocycles. The number of anilines is 1. The Hall–Kier alpha value is -1.35. The molecule has 2 fully saturated rings. The van der Waals surface area contributed by atoms with E-state index in [-0.39, 0.29) is 11.9 Å². The van der Waals surface area contributed by atoms with Gasteiger partial charge in [-0.05, 0) is 62.5 Å². The first-order chi connectivity index (χ1) is 9.15. The smallest absolute Gasteiger partial charge is 0.241 e. The van der Waals surface area contributed by atoms with Crippen molar-refractivity contribution in [2.24, 2.45) is 23.5 Å². The molecule has 0 bridgehead atoms. The standard InChI is InChI=1S/C16H22N2O/c1-10-2-8-13(9-3-10)18-16(19)15(17)14(11-4-5-11)12-6-7-12/h2-3,8-9,11-12,14-15H,4-7,17H2,1H3,(H,18,19). The van der Waals surface area contributed by atoms with Crippen LogP contribution < -0.4 is 11.1 Å². The van der Waals surface area contributed by atoms with Crippen LogP contribution in [0.5, 0.6) is 0 Å². The predicted molar refractivity (Wildman–Crippen MR) is 76.7 cm³/mol. The Kier molecular flexibility index (Phi) is 3.31. The van der Waals surface area contributed by atoms with Crippen molar-refractivity contribution in [3.63, 3.8) is 0 Å². The van der Waals surface area contributed by atoms with Crippen LogP contribution in [0, 0.1) is 24.7 Å². The fourth-order valence-electron chi connectivity index (χ4n) is 2.97. The van der Waals surface area contributed by atoms with Gasteiger partial charge in [-0.1, -0.05) is 17.7 Å². The van der Waals surface area contributed by atoms with Gasteiger partial charge in [0.25, 0.3) is 0 Å². The molecule has 3 N–H and O–H groups in total. The molecular weight excluding hydrogens is 236 g/mol. The second-order valence-electron chi connectivity index (χ2n) is 6.13. The highest BCUT2D eigenvalue weighted by Gasteiger charge is 2.46. The number of carbonyl (C=O) groups excluding carboxylic acids is 1. The number of carbonyl (C=O) groups is 1. The number of rotatable bonds is 5. The Morgan fingerprint density at radius 2 is 1.68 bits per heavy atom. The minimum atomic E-state index is -0.346. The highest BCUT2D eigenvalue weighted by Crippen LogP contribution is 2.50. The predicted octanol–water partition coefficient (Wildman–Crippen LogP) is 2.70. The molecule has 0 heterocycles. The zero-order valence-corrected chi connectivity index (χ0v) is 11.4. The van der Waals surface area contributed by atoms with E-state index in [1.807, 2.05) is 31.2 Å². The lowest BCUT2D eigenvalue weighted by Gasteiger charge is -2.22. The van der Waals surface area contributed by atoms with Gasteiger partial charge in [-0.3, -0.25) is 4.79 Å². The van der Waals surface area contributed by atoms with Crippen molar-refractivity contribution in [2.75, 3.05) is 5.32 Å². The summed E-state index contributed by atoms with van der Waals surface area (Å²) in [7, 11) is 0. The third-order valence-corrected chi connectivity index (χ3v) is 4.37. The highest BCUT2D eigenvalue weighted by molar-refractivity contribution is 5.95. The molecule has 0 radical (unpaired) electrons. The van der Waals surface area contributed by atoms with Crippen LogP contribution in [-0.2, 0) is 4.79 Å². The number of benzene rings is 1. The van der Waals surface area contributed by atoms with Crippen LogP contribution in [0.2, 0.25) is 0 Å². The average molecular weight is 258 g/mol. The minimum Gasteiger partial charge on any atom is -0.325 e. The molecular formula is C16H22N2O. The molecule has 19 heavy (non-hydrogen) atoms. The van der Waals surface area contributed by atoms with Gasteiger partial charge in [-0.15, -0.1) is 0 Å². The third-order valence-electron chi connectivity index (χ3n) is 4.37. The Labute approximate surface area is 114 Å². The van der Waals surface area contributed by atoms with Crippen LogP contribution in [0.4, 0.5) is 5.69 Å². The van der Waals surface area contributed by atoms with E-state index in [1.165, 1.54) is 31.2 Å². The number of nitrogens with one attached hydrogen (secondary N) is 1. The molecule has 1 amide bonds. The number of amides is 1. The maximum absolute atomic E-state index is 12.3. The van der Waals surface area contributed by atoms with Gasteiger partial charge < -0.3 is 11.1 Å². The highest BCUT2D eigenvalue weighted by atomic mass is 16.2. The van der Waals surface area contributed by atoms with E-state index in [0.717, 1.165) is 5.69 Å². The van der Waals surface area contributed by atoms with Crippen LogP contribution in [-0.4, -0.2) is 11.9 Å². The first kappa shape index (κ1) is 12.7. The number of hydrogen-bond acceptors (Lipinski definition) is 2. The van der Waals surface area contributed by atoms with Gasteiger partial charge in [-0.25, -0.2) is 0 Å². The lowest BCUT2D eigenvalue weighted by molar-refractivity contribution is -0.118. The maximum atomic E-state index is 12.3. The molecule has 2 aliphatic carbocycles. The van der Waals surface area contributed by atoms with Crippen LogP contribution in [0.25, 0.3) is 0 Å². The van der Waals surface area contributed by atoms with E-state index in [0.29, 0.717) is 17.8 Å². The fraction of sp³-hybridized carbons (Fsp3) is 0.562. The normalized spacial score (nSPS) is 20.4. The van der Waals surface area contributed by atoms with Crippen LogP contribution in [0.3, 0.4) is 0 Å². The summed E-state index contributed by atoms with van der Waals surface area (Å²) in [5.41, 5.74) is 8.24. The monoisotopic (exact) mass is 258 g/mol. The summed E-state index contributed by atoms with van der Waals surface area (Å²) < 4.78 is 0. The van der Waals surface area contributed by atoms with Gasteiger partial charge in [0.1, 0.15) is 0 Å². The Bertz CT molecular complexity index is 448. The van der Waals surface area contributed by atoms with Crippen molar-refractivity contribution in [1.29, 1.82) is 0 Å². The van der Waals surface area contributed by atoms with Crippen molar-refractivity contribution < 1.29 is 4.79 Å². The van der Waals surface area contributed by atoms with E-state index >= 15 is 0 Å². The second kappa shape index (κ2) is 4.97. The molecule has 2 aliphatic rings. The second-order valence-corrected chi connectivity index (χ2v) is 6.13. The van der Waals surface area contributed by atoms with E-state index in [1.54, 1.807) is 0 Å². The van der Waals surface area contributed by atoms with Gasteiger partial charge in [-0.2, -0.15) is 0 Å². The molecule has 1 aromatic rings. The van der Waals surface area contributed by atoms with E-state index in [4.69, 9.17) is 5.73 Å². The summed E-state index contributed by atoms with van der Waals surface area (Å²) >= 11 is 0. The first-order valence-electron chi connectivity index (χ1n) is 7.28. The van der Waals surface area contributed by atoms with Crippen LogP contribution >= 0.6 is 0 Å². The molecule has 1 unspecified atom stereocenters. The number of nitrogens with two attached hydrogens (primary N) is 1. The van der Waals surface area contributed by atoms with Gasteiger partial charge in [0.05, 0.1) is 6.04 Å².